The number of fused-ring (bicyclic) bond motifs is 1. The predicted octanol–water partition coefficient (Wildman–Crippen LogP) is 4.93. The van der Waals surface area contributed by atoms with Crippen molar-refractivity contribution >= 4 is 29.3 Å². The molecule has 6 heteroatoms. The lowest BCUT2D eigenvalue weighted by atomic mass is 10.0. The molecule has 33 heavy (non-hydrogen) atoms. The number of hydrogen-bond acceptors (Lipinski definition) is 5. The maximum absolute atomic E-state index is 13.9. The molecule has 2 atom stereocenters. The van der Waals surface area contributed by atoms with Crippen molar-refractivity contribution < 1.29 is 14.3 Å². The van der Waals surface area contributed by atoms with E-state index in [1.54, 1.807) is 40.9 Å². The highest BCUT2D eigenvalue weighted by Crippen LogP contribution is 2.47. The van der Waals surface area contributed by atoms with E-state index in [0.717, 1.165) is 27.3 Å². The van der Waals surface area contributed by atoms with Crippen LogP contribution in [-0.4, -0.2) is 38.1 Å². The fourth-order valence-corrected chi connectivity index (χ4v) is 5.28. The van der Waals surface area contributed by atoms with Crippen LogP contribution in [0.15, 0.2) is 77.7 Å². The summed E-state index contributed by atoms with van der Waals surface area (Å²) in [5, 5.41) is 2.75. The lowest BCUT2D eigenvalue weighted by molar-refractivity contribution is -0.127. The molecular weight excluding hydrogens is 432 g/mol. The fraction of sp³-hybridized carbons (Fsp3) is 0.259. The average Bonchev–Trinajstić information content (AvgIpc) is 2.93. The van der Waals surface area contributed by atoms with Crippen LogP contribution in [0.25, 0.3) is 0 Å². The third-order valence-electron chi connectivity index (χ3n) is 5.68. The second kappa shape index (κ2) is 10.2. The SMILES string of the molecule is CNCCN1C(=O)[C@@H](OC(=O)c2ccccc2)[C@@H](c2ccc(C)cc2)Sc2cc(C)ccc21. The summed E-state index contributed by atoms with van der Waals surface area (Å²) >= 11 is 1.58. The minimum Gasteiger partial charge on any atom is -0.447 e. The molecule has 1 amide bonds. The zero-order chi connectivity index (χ0) is 23.4. The Hall–Kier alpha value is -3.09. The van der Waals surface area contributed by atoms with Crippen LogP contribution in [-0.2, 0) is 9.53 Å². The molecule has 1 N–H and O–H groups in total. The molecule has 3 aromatic rings. The fourth-order valence-electron chi connectivity index (χ4n) is 3.86. The monoisotopic (exact) mass is 460 g/mol. The number of nitrogens with one attached hydrogen (secondary N) is 1. The van der Waals surface area contributed by atoms with Crippen molar-refractivity contribution in [2.24, 2.45) is 0 Å². The van der Waals surface area contributed by atoms with Gasteiger partial charge in [-0.25, -0.2) is 4.79 Å². The third kappa shape index (κ3) is 5.13. The lowest BCUT2D eigenvalue weighted by Crippen LogP contribution is -2.45. The number of amides is 1. The van der Waals surface area contributed by atoms with Gasteiger partial charge in [-0.2, -0.15) is 0 Å². The van der Waals surface area contributed by atoms with Crippen LogP contribution in [0, 0.1) is 13.8 Å². The lowest BCUT2D eigenvalue weighted by Gasteiger charge is -2.28. The molecule has 1 aliphatic rings. The standard InChI is InChI=1S/C27H28N2O3S/c1-18-9-12-20(13-10-18)25-24(32-27(31)21-7-5-4-6-8-21)26(30)29(16-15-28-3)22-14-11-19(2)17-23(22)33-25/h4-14,17,24-25,28H,15-16H2,1-3H3/t24-,25+/m0/s1. The van der Waals surface area contributed by atoms with Crippen LogP contribution in [0.2, 0.25) is 0 Å². The van der Waals surface area contributed by atoms with Gasteiger partial charge in [-0.15, -0.1) is 11.8 Å². The molecule has 0 saturated carbocycles. The molecule has 1 aliphatic heterocycles. The van der Waals surface area contributed by atoms with Crippen molar-refractivity contribution in [1.29, 1.82) is 0 Å². The van der Waals surface area contributed by atoms with Crippen LogP contribution in [0.5, 0.6) is 0 Å². The van der Waals surface area contributed by atoms with E-state index in [-0.39, 0.29) is 11.2 Å². The first kappa shape index (κ1) is 23.1. The van der Waals surface area contributed by atoms with Gasteiger partial charge in [-0.1, -0.05) is 54.1 Å². The third-order valence-corrected chi connectivity index (χ3v) is 7.03. The largest absolute Gasteiger partial charge is 0.447 e. The molecule has 0 spiro atoms. The summed E-state index contributed by atoms with van der Waals surface area (Å²) in [6.07, 6.45) is -0.963. The topological polar surface area (TPSA) is 58.6 Å². The number of benzene rings is 3. The van der Waals surface area contributed by atoms with Gasteiger partial charge in [0, 0.05) is 18.0 Å². The first-order chi connectivity index (χ1) is 16.0. The number of anilines is 1. The van der Waals surface area contributed by atoms with Gasteiger partial charge in [-0.05, 0) is 56.3 Å². The van der Waals surface area contributed by atoms with Gasteiger partial charge in [0.25, 0.3) is 5.91 Å². The Morgan fingerprint density at radius 1 is 1.00 bits per heavy atom. The first-order valence-electron chi connectivity index (χ1n) is 11.0. The Bertz CT molecular complexity index is 1130. The number of likely N-dealkylation sites (N-methyl/N-ethyl adjacent to an activating group) is 1. The van der Waals surface area contributed by atoms with Gasteiger partial charge < -0.3 is 15.0 Å². The highest BCUT2D eigenvalue weighted by atomic mass is 32.2. The zero-order valence-electron chi connectivity index (χ0n) is 19.1. The van der Waals surface area contributed by atoms with Crippen molar-refractivity contribution in [1.82, 2.24) is 5.32 Å². The minimum absolute atomic E-state index is 0.213. The van der Waals surface area contributed by atoms with E-state index >= 15 is 0 Å². The normalized spacial score (nSPS) is 17.9. The van der Waals surface area contributed by atoms with Crippen molar-refractivity contribution in [2.75, 3.05) is 25.0 Å². The quantitative estimate of drug-likeness (QED) is 0.529. The second-order valence-electron chi connectivity index (χ2n) is 8.21. The maximum Gasteiger partial charge on any atom is 0.338 e. The average molecular weight is 461 g/mol. The van der Waals surface area contributed by atoms with Crippen LogP contribution in [0.1, 0.15) is 32.3 Å². The van der Waals surface area contributed by atoms with Crippen molar-refractivity contribution in [3.8, 4) is 0 Å². The highest BCUT2D eigenvalue weighted by molar-refractivity contribution is 7.99. The first-order valence-corrected chi connectivity index (χ1v) is 11.9. The molecule has 0 bridgehead atoms. The zero-order valence-corrected chi connectivity index (χ0v) is 19.9. The van der Waals surface area contributed by atoms with Crippen molar-refractivity contribution in [3.63, 3.8) is 0 Å². The Labute approximate surface area is 199 Å². The molecule has 0 aliphatic carbocycles. The van der Waals surface area contributed by atoms with Gasteiger partial charge in [0.05, 0.1) is 16.5 Å². The Morgan fingerprint density at radius 2 is 1.70 bits per heavy atom. The van der Waals surface area contributed by atoms with Crippen molar-refractivity contribution in [3.05, 3.63) is 95.1 Å². The maximum atomic E-state index is 13.9. The second-order valence-corrected chi connectivity index (χ2v) is 9.39. The van der Waals surface area contributed by atoms with Gasteiger partial charge in [0.2, 0.25) is 0 Å². The summed E-state index contributed by atoms with van der Waals surface area (Å²) < 4.78 is 5.97. The number of aryl methyl sites for hydroxylation is 2. The number of esters is 1. The molecular formula is C27H28N2O3S. The number of ether oxygens (including phenoxy) is 1. The van der Waals surface area contributed by atoms with E-state index < -0.39 is 12.1 Å². The van der Waals surface area contributed by atoms with Gasteiger partial charge in [0.1, 0.15) is 0 Å². The molecule has 5 nitrogen and oxygen atoms in total. The minimum atomic E-state index is -0.963. The summed E-state index contributed by atoms with van der Waals surface area (Å²) in [5.41, 5.74) is 4.48. The number of thioether (sulfide) groups is 1. The Kier molecular flexibility index (Phi) is 7.16. The molecule has 0 radical (unpaired) electrons. The summed E-state index contributed by atoms with van der Waals surface area (Å²) in [6.45, 7) is 5.17. The summed E-state index contributed by atoms with van der Waals surface area (Å²) in [5.74, 6) is -0.711. The molecule has 1 heterocycles. The van der Waals surface area contributed by atoms with E-state index in [2.05, 4.69) is 11.4 Å². The molecule has 0 unspecified atom stereocenters. The van der Waals surface area contributed by atoms with E-state index in [1.165, 1.54) is 0 Å². The number of carbonyl (C=O) groups is 2. The Balaban J connectivity index is 1.79. The molecule has 0 fully saturated rings. The van der Waals surface area contributed by atoms with Gasteiger partial charge in [-0.3, -0.25) is 4.79 Å². The molecule has 0 aromatic heterocycles. The van der Waals surface area contributed by atoms with E-state index in [4.69, 9.17) is 4.74 Å². The van der Waals surface area contributed by atoms with E-state index in [9.17, 15) is 9.59 Å². The van der Waals surface area contributed by atoms with Crippen LogP contribution < -0.4 is 10.2 Å². The van der Waals surface area contributed by atoms with Crippen molar-refractivity contribution in [2.45, 2.75) is 30.1 Å². The van der Waals surface area contributed by atoms with E-state index in [0.29, 0.717) is 18.7 Å². The summed E-state index contributed by atoms with van der Waals surface area (Å²) in [6, 6.07) is 23.0. The Morgan fingerprint density at radius 3 is 2.39 bits per heavy atom. The molecule has 170 valence electrons. The predicted molar refractivity (Wildman–Crippen MR) is 133 cm³/mol. The summed E-state index contributed by atoms with van der Waals surface area (Å²) in [4.78, 5) is 29.7. The number of hydrogen-bond donors (Lipinski definition) is 1. The van der Waals surface area contributed by atoms with Crippen LogP contribution in [0.3, 0.4) is 0 Å². The van der Waals surface area contributed by atoms with E-state index in [1.807, 2.05) is 63.4 Å². The van der Waals surface area contributed by atoms with Crippen LogP contribution >= 0.6 is 11.8 Å². The summed E-state index contributed by atoms with van der Waals surface area (Å²) in [7, 11) is 1.86. The van der Waals surface area contributed by atoms with Gasteiger partial charge >= 0.3 is 5.97 Å². The molecule has 0 saturated heterocycles. The molecule has 4 rings (SSSR count). The molecule has 3 aromatic carbocycles. The number of rotatable bonds is 6. The van der Waals surface area contributed by atoms with Crippen LogP contribution in [0.4, 0.5) is 5.69 Å². The highest BCUT2D eigenvalue weighted by Gasteiger charge is 2.41. The number of carbonyl (C=O) groups excluding carboxylic acids is 2. The number of nitrogens with zero attached hydrogens (tertiary/aromatic N) is 1. The van der Waals surface area contributed by atoms with Gasteiger partial charge in [0.15, 0.2) is 6.10 Å². The smallest absolute Gasteiger partial charge is 0.338 e.